The molecule has 0 amide bonds. The summed E-state index contributed by atoms with van der Waals surface area (Å²) >= 11 is 0. The summed E-state index contributed by atoms with van der Waals surface area (Å²) in [5, 5.41) is 3.54. The SMILES string of the molecule is CC(C)c1ccc(CCN2CCC3(CCNC3)C2)cc1. The summed E-state index contributed by atoms with van der Waals surface area (Å²) in [5.41, 5.74) is 3.55. The monoisotopic (exact) mass is 272 g/mol. The van der Waals surface area contributed by atoms with Gasteiger partial charge in [-0.05, 0) is 54.8 Å². The van der Waals surface area contributed by atoms with Gasteiger partial charge in [0.2, 0.25) is 0 Å². The molecular formula is C18H28N2. The molecule has 0 radical (unpaired) electrons. The van der Waals surface area contributed by atoms with Crippen molar-refractivity contribution in [2.24, 2.45) is 5.41 Å². The fourth-order valence-corrected chi connectivity index (χ4v) is 3.72. The molecule has 1 spiro atoms. The molecule has 1 aromatic rings. The van der Waals surface area contributed by atoms with Crippen molar-refractivity contribution in [1.82, 2.24) is 10.2 Å². The number of rotatable bonds is 4. The van der Waals surface area contributed by atoms with Gasteiger partial charge in [-0.15, -0.1) is 0 Å². The highest BCUT2D eigenvalue weighted by Gasteiger charge is 2.39. The van der Waals surface area contributed by atoms with Crippen LogP contribution in [0.15, 0.2) is 24.3 Å². The summed E-state index contributed by atoms with van der Waals surface area (Å²) < 4.78 is 0. The van der Waals surface area contributed by atoms with Gasteiger partial charge >= 0.3 is 0 Å². The van der Waals surface area contributed by atoms with Crippen LogP contribution < -0.4 is 5.32 Å². The van der Waals surface area contributed by atoms with Crippen LogP contribution in [0.3, 0.4) is 0 Å². The highest BCUT2D eigenvalue weighted by molar-refractivity contribution is 5.24. The third-order valence-electron chi connectivity index (χ3n) is 5.21. The van der Waals surface area contributed by atoms with Gasteiger partial charge < -0.3 is 10.2 Å². The number of nitrogens with zero attached hydrogens (tertiary/aromatic N) is 1. The Bertz CT molecular complexity index is 429. The zero-order valence-corrected chi connectivity index (χ0v) is 13.0. The zero-order chi connectivity index (χ0) is 14.0. The second-order valence-electron chi connectivity index (χ2n) is 7.10. The minimum absolute atomic E-state index is 0.613. The van der Waals surface area contributed by atoms with Crippen molar-refractivity contribution < 1.29 is 0 Å². The first kappa shape index (κ1) is 14.1. The Morgan fingerprint density at radius 2 is 2.00 bits per heavy atom. The first-order chi connectivity index (χ1) is 9.67. The maximum absolute atomic E-state index is 3.54. The molecule has 2 fully saturated rings. The molecule has 1 unspecified atom stereocenters. The van der Waals surface area contributed by atoms with Crippen LogP contribution in [0.2, 0.25) is 0 Å². The van der Waals surface area contributed by atoms with Gasteiger partial charge in [-0.1, -0.05) is 38.1 Å². The Balaban J connectivity index is 1.50. The summed E-state index contributed by atoms with van der Waals surface area (Å²) in [5.74, 6) is 0.636. The quantitative estimate of drug-likeness (QED) is 0.906. The molecule has 2 saturated heterocycles. The van der Waals surface area contributed by atoms with E-state index in [1.54, 1.807) is 0 Å². The average Bonchev–Trinajstić information content (AvgIpc) is 3.08. The lowest BCUT2D eigenvalue weighted by Crippen LogP contribution is -2.30. The minimum Gasteiger partial charge on any atom is -0.316 e. The van der Waals surface area contributed by atoms with Crippen molar-refractivity contribution in [3.8, 4) is 0 Å². The number of nitrogens with one attached hydrogen (secondary N) is 1. The van der Waals surface area contributed by atoms with Gasteiger partial charge in [0.25, 0.3) is 0 Å². The molecule has 0 saturated carbocycles. The van der Waals surface area contributed by atoms with Crippen LogP contribution in [0.25, 0.3) is 0 Å². The highest BCUT2D eigenvalue weighted by atomic mass is 15.2. The lowest BCUT2D eigenvalue weighted by atomic mass is 9.86. The van der Waals surface area contributed by atoms with Gasteiger partial charge in [-0.2, -0.15) is 0 Å². The Kier molecular flexibility index (Phi) is 4.13. The summed E-state index contributed by atoms with van der Waals surface area (Å²) in [6.07, 6.45) is 3.97. The molecule has 1 N–H and O–H groups in total. The van der Waals surface area contributed by atoms with E-state index in [0.717, 1.165) is 0 Å². The van der Waals surface area contributed by atoms with Crippen molar-refractivity contribution in [1.29, 1.82) is 0 Å². The molecule has 2 nitrogen and oxygen atoms in total. The molecule has 0 aromatic heterocycles. The van der Waals surface area contributed by atoms with Gasteiger partial charge in [0.05, 0.1) is 0 Å². The Labute approximate surface area is 123 Å². The topological polar surface area (TPSA) is 15.3 Å². The third-order valence-corrected chi connectivity index (χ3v) is 5.21. The number of hydrogen-bond acceptors (Lipinski definition) is 2. The van der Waals surface area contributed by atoms with Gasteiger partial charge in [0.1, 0.15) is 0 Å². The Morgan fingerprint density at radius 1 is 1.20 bits per heavy atom. The van der Waals surface area contributed by atoms with Crippen LogP contribution in [0, 0.1) is 5.41 Å². The molecule has 0 aliphatic carbocycles. The lowest BCUT2D eigenvalue weighted by Gasteiger charge is -2.22. The lowest BCUT2D eigenvalue weighted by molar-refractivity contribution is 0.277. The normalized spacial score (nSPS) is 26.9. The summed E-state index contributed by atoms with van der Waals surface area (Å²) in [6.45, 7) is 10.8. The van der Waals surface area contributed by atoms with Crippen LogP contribution in [0.4, 0.5) is 0 Å². The minimum atomic E-state index is 0.613. The number of likely N-dealkylation sites (tertiary alicyclic amines) is 1. The first-order valence-electron chi connectivity index (χ1n) is 8.19. The van der Waals surface area contributed by atoms with E-state index in [-0.39, 0.29) is 0 Å². The van der Waals surface area contributed by atoms with Crippen molar-refractivity contribution >= 4 is 0 Å². The van der Waals surface area contributed by atoms with Gasteiger partial charge in [0, 0.05) is 19.6 Å². The second kappa shape index (κ2) is 5.87. The Hall–Kier alpha value is -0.860. The van der Waals surface area contributed by atoms with E-state index < -0.39 is 0 Å². The molecule has 0 bridgehead atoms. The van der Waals surface area contributed by atoms with Crippen LogP contribution in [0.1, 0.15) is 43.7 Å². The third kappa shape index (κ3) is 3.07. The van der Waals surface area contributed by atoms with E-state index in [1.807, 2.05) is 0 Å². The predicted molar refractivity (Wildman–Crippen MR) is 85.2 cm³/mol. The molecule has 110 valence electrons. The number of benzene rings is 1. The fourth-order valence-electron chi connectivity index (χ4n) is 3.72. The molecule has 1 atom stereocenters. The fraction of sp³-hybridized carbons (Fsp3) is 0.667. The summed E-state index contributed by atoms with van der Waals surface area (Å²) in [6, 6.07) is 9.23. The molecule has 2 aliphatic rings. The molecule has 2 heterocycles. The highest BCUT2D eigenvalue weighted by Crippen LogP contribution is 2.35. The van der Waals surface area contributed by atoms with E-state index in [0.29, 0.717) is 11.3 Å². The second-order valence-corrected chi connectivity index (χ2v) is 7.10. The van der Waals surface area contributed by atoms with Crippen LogP contribution in [-0.2, 0) is 6.42 Å². The zero-order valence-electron chi connectivity index (χ0n) is 13.0. The average molecular weight is 272 g/mol. The summed E-state index contributed by atoms with van der Waals surface area (Å²) in [4.78, 5) is 2.67. The van der Waals surface area contributed by atoms with Crippen LogP contribution >= 0.6 is 0 Å². The van der Waals surface area contributed by atoms with Crippen LogP contribution in [-0.4, -0.2) is 37.6 Å². The maximum Gasteiger partial charge on any atom is 0.00512 e. The van der Waals surface area contributed by atoms with Crippen molar-refractivity contribution in [3.05, 3.63) is 35.4 Å². The van der Waals surface area contributed by atoms with E-state index >= 15 is 0 Å². The van der Waals surface area contributed by atoms with E-state index in [4.69, 9.17) is 0 Å². The van der Waals surface area contributed by atoms with Crippen LogP contribution in [0.5, 0.6) is 0 Å². The van der Waals surface area contributed by atoms with Gasteiger partial charge in [-0.25, -0.2) is 0 Å². The van der Waals surface area contributed by atoms with Crippen molar-refractivity contribution in [2.75, 3.05) is 32.7 Å². The van der Waals surface area contributed by atoms with Gasteiger partial charge in [0.15, 0.2) is 0 Å². The molecule has 3 rings (SSSR count). The van der Waals surface area contributed by atoms with E-state index in [9.17, 15) is 0 Å². The molecule has 20 heavy (non-hydrogen) atoms. The van der Waals surface area contributed by atoms with Crippen molar-refractivity contribution in [3.63, 3.8) is 0 Å². The standard InChI is InChI=1S/C18H28N2/c1-15(2)17-5-3-16(4-6-17)7-11-20-12-9-18(14-20)8-10-19-13-18/h3-6,15,19H,7-14H2,1-2H3. The van der Waals surface area contributed by atoms with Gasteiger partial charge in [-0.3, -0.25) is 0 Å². The molecule has 1 aromatic carbocycles. The largest absolute Gasteiger partial charge is 0.316 e. The maximum atomic E-state index is 3.54. The smallest absolute Gasteiger partial charge is 0.00512 e. The predicted octanol–water partition coefficient (Wildman–Crippen LogP) is 3.04. The Morgan fingerprint density at radius 3 is 2.65 bits per heavy atom. The molecule has 2 heteroatoms. The summed E-state index contributed by atoms with van der Waals surface area (Å²) in [7, 11) is 0. The van der Waals surface area contributed by atoms with Crippen molar-refractivity contribution in [2.45, 2.75) is 39.0 Å². The first-order valence-corrected chi connectivity index (χ1v) is 8.19. The molecular weight excluding hydrogens is 244 g/mol. The molecule has 2 aliphatic heterocycles. The van der Waals surface area contributed by atoms with E-state index in [1.165, 1.54) is 63.1 Å². The number of hydrogen-bond donors (Lipinski definition) is 1. The van der Waals surface area contributed by atoms with E-state index in [2.05, 4.69) is 48.3 Å².